The van der Waals surface area contributed by atoms with Crippen molar-refractivity contribution >= 4 is 21.8 Å². The fourth-order valence-electron chi connectivity index (χ4n) is 2.15. The minimum absolute atomic E-state index is 0.0323. The van der Waals surface area contributed by atoms with E-state index >= 15 is 0 Å². The van der Waals surface area contributed by atoms with E-state index in [1.54, 1.807) is 6.92 Å². The zero-order valence-corrected chi connectivity index (χ0v) is 11.4. The van der Waals surface area contributed by atoms with Crippen molar-refractivity contribution in [1.29, 1.82) is 0 Å². The van der Waals surface area contributed by atoms with E-state index in [0.717, 1.165) is 22.9 Å². The second kappa shape index (κ2) is 5.65. The van der Waals surface area contributed by atoms with E-state index in [9.17, 15) is 4.79 Å². The third-order valence-corrected chi connectivity index (χ3v) is 3.41. The Hall–Kier alpha value is -0.870. The van der Waals surface area contributed by atoms with Gasteiger partial charge in [0.05, 0.1) is 6.10 Å². The number of rotatable bonds is 2. The Kier molecular flexibility index (Phi) is 4.18. The van der Waals surface area contributed by atoms with Gasteiger partial charge in [-0.15, -0.1) is 0 Å². The third-order valence-electron chi connectivity index (χ3n) is 2.91. The molecule has 2 rings (SSSR count). The van der Waals surface area contributed by atoms with E-state index in [1.807, 2.05) is 12.1 Å². The van der Waals surface area contributed by atoms with Gasteiger partial charge in [-0.2, -0.15) is 0 Å². The first-order valence-electron chi connectivity index (χ1n) is 5.79. The van der Waals surface area contributed by atoms with Crippen LogP contribution in [0.2, 0.25) is 0 Å². The molecule has 2 atom stereocenters. The number of amides is 1. The molecule has 1 amide bonds. The molecule has 0 bridgehead atoms. The van der Waals surface area contributed by atoms with Gasteiger partial charge in [0, 0.05) is 24.0 Å². The highest BCUT2D eigenvalue weighted by Gasteiger charge is 2.24. The Labute approximate surface area is 110 Å². The molecule has 1 aliphatic heterocycles. The third kappa shape index (κ3) is 3.54. The number of carbonyl (C=O) groups excluding carboxylic acids is 1. The van der Waals surface area contributed by atoms with Gasteiger partial charge in [-0.1, -0.05) is 28.1 Å². The molecule has 0 saturated carbocycles. The van der Waals surface area contributed by atoms with Crippen molar-refractivity contribution in [2.75, 3.05) is 6.61 Å². The Morgan fingerprint density at radius 1 is 1.53 bits per heavy atom. The molecule has 1 fully saturated rings. The number of hydrogen-bond donors (Lipinski definition) is 1. The molecule has 92 valence electrons. The normalized spacial score (nSPS) is 24.4. The molecule has 0 aromatic heterocycles. The average Bonchev–Trinajstić information content (AvgIpc) is 2.28. The van der Waals surface area contributed by atoms with Gasteiger partial charge in [-0.3, -0.25) is 4.79 Å². The van der Waals surface area contributed by atoms with Crippen molar-refractivity contribution in [3.05, 3.63) is 34.3 Å². The van der Waals surface area contributed by atoms with E-state index < -0.39 is 0 Å². The van der Waals surface area contributed by atoms with E-state index in [-0.39, 0.29) is 18.1 Å². The van der Waals surface area contributed by atoms with Gasteiger partial charge < -0.3 is 10.1 Å². The first kappa shape index (κ1) is 12.6. The van der Waals surface area contributed by atoms with Crippen molar-refractivity contribution in [2.24, 2.45) is 0 Å². The standard InChI is InChI=1S/C13H16BrNO2/c1-9(16)15-12-5-6-17-13(8-12)10-3-2-4-11(14)7-10/h2-4,7,12-13H,5-6,8H2,1H3,(H,15,16)/t12-,13+/m1/s1. The monoisotopic (exact) mass is 297 g/mol. The fraction of sp³-hybridized carbons (Fsp3) is 0.462. The van der Waals surface area contributed by atoms with Gasteiger partial charge in [-0.05, 0) is 30.5 Å². The van der Waals surface area contributed by atoms with E-state index in [2.05, 4.69) is 33.4 Å². The van der Waals surface area contributed by atoms with Gasteiger partial charge in [-0.25, -0.2) is 0 Å². The van der Waals surface area contributed by atoms with Crippen LogP contribution < -0.4 is 5.32 Å². The van der Waals surface area contributed by atoms with Gasteiger partial charge in [0.15, 0.2) is 0 Å². The summed E-state index contributed by atoms with van der Waals surface area (Å²) in [7, 11) is 0. The minimum atomic E-state index is 0.0323. The van der Waals surface area contributed by atoms with Gasteiger partial charge in [0.2, 0.25) is 5.91 Å². The van der Waals surface area contributed by atoms with Crippen molar-refractivity contribution in [3.63, 3.8) is 0 Å². The van der Waals surface area contributed by atoms with Crippen LogP contribution in [0.3, 0.4) is 0 Å². The van der Waals surface area contributed by atoms with Gasteiger partial charge in [0.1, 0.15) is 0 Å². The maximum absolute atomic E-state index is 11.0. The zero-order valence-electron chi connectivity index (χ0n) is 9.78. The molecule has 0 unspecified atom stereocenters. The number of hydrogen-bond acceptors (Lipinski definition) is 2. The largest absolute Gasteiger partial charge is 0.373 e. The second-order valence-electron chi connectivity index (χ2n) is 4.34. The maximum atomic E-state index is 11.0. The van der Waals surface area contributed by atoms with Crippen LogP contribution in [0.5, 0.6) is 0 Å². The van der Waals surface area contributed by atoms with Crippen LogP contribution in [0, 0.1) is 0 Å². The minimum Gasteiger partial charge on any atom is -0.373 e. The molecule has 0 aliphatic carbocycles. The summed E-state index contributed by atoms with van der Waals surface area (Å²) in [6.45, 7) is 2.26. The number of ether oxygens (including phenoxy) is 1. The smallest absolute Gasteiger partial charge is 0.217 e. The maximum Gasteiger partial charge on any atom is 0.217 e. The van der Waals surface area contributed by atoms with Gasteiger partial charge in [0.25, 0.3) is 0 Å². The van der Waals surface area contributed by atoms with Crippen LogP contribution in [0.4, 0.5) is 0 Å². The molecule has 1 aromatic carbocycles. The molecule has 3 nitrogen and oxygen atoms in total. The Bertz CT molecular complexity index is 408. The molecule has 1 aliphatic rings. The van der Waals surface area contributed by atoms with Crippen LogP contribution >= 0.6 is 15.9 Å². The van der Waals surface area contributed by atoms with E-state index in [4.69, 9.17) is 4.74 Å². The SMILES string of the molecule is CC(=O)N[C@@H]1CCO[C@H](c2cccc(Br)c2)C1. The summed E-state index contributed by atoms with van der Waals surface area (Å²) in [5.74, 6) is 0.0323. The van der Waals surface area contributed by atoms with E-state index in [1.165, 1.54) is 0 Å². The van der Waals surface area contributed by atoms with Crippen molar-refractivity contribution in [3.8, 4) is 0 Å². The van der Waals surface area contributed by atoms with Gasteiger partial charge >= 0.3 is 0 Å². The highest BCUT2D eigenvalue weighted by molar-refractivity contribution is 9.10. The first-order valence-corrected chi connectivity index (χ1v) is 6.58. The lowest BCUT2D eigenvalue weighted by atomic mass is 9.97. The molecule has 1 heterocycles. The fourth-order valence-corrected chi connectivity index (χ4v) is 2.57. The molecule has 4 heteroatoms. The highest BCUT2D eigenvalue weighted by Crippen LogP contribution is 2.29. The summed E-state index contributed by atoms with van der Waals surface area (Å²) in [6, 6.07) is 8.36. The predicted molar refractivity (Wildman–Crippen MR) is 69.7 cm³/mol. The zero-order chi connectivity index (χ0) is 12.3. The summed E-state index contributed by atoms with van der Waals surface area (Å²) in [4.78, 5) is 11.0. The first-order chi connectivity index (χ1) is 8.15. The summed E-state index contributed by atoms with van der Waals surface area (Å²) >= 11 is 3.46. The van der Waals surface area contributed by atoms with Crippen LogP contribution in [0.15, 0.2) is 28.7 Å². The molecule has 0 spiro atoms. The van der Waals surface area contributed by atoms with Crippen LogP contribution in [0.25, 0.3) is 0 Å². The summed E-state index contributed by atoms with van der Waals surface area (Å²) < 4.78 is 6.81. The molecular weight excluding hydrogens is 282 g/mol. The van der Waals surface area contributed by atoms with Crippen LogP contribution in [-0.4, -0.2) is 18.6 Å². The van der Waals surface area contributed by atoms with Crippen molar-refractivity contribution in [1.82, 2.24) is 5.32 Å². The topological polar surface area (TPSA) is 38.3 Å². The van der Waals surface area contributed by atoms with E-state index in [0.29, 0.717) is 6.61 Å². The summed E-state index contributed by atoms with van der Waals surface area (Å²) in [6.07, 6.45) is 1.82. The predicted octanol–water partition coefficient (Wildman–Crippen LogP) is 2.81. The number of benzene rings is 1. The Morgan fingerprint density at radius 3 is 3.06 bits per heavy atom. The lowest BCUT2D eigenvalue weighted by molar-refractivity contribution is -0.120. The average molecular weight is 298 g/mol. The summed E-state index contributed by atoms with van der Waals surface area (Å²) in [5.41, 5.74) is 1.16. The summed E-state index contributed by atoms with van der Waals surface area (Å²) in [5, 5.41) is 2.97. The molecule has 1 saturated heterocycles. The lowest BCUT2D eigenvalue weighted by Crippen LogP contribution is -2.38. The molecule has 0 radical (unpaired) electrons. The molecule has 1 aromatic rings. The number of halogens is 1. The Morgan fingerprint density at radius 2 is 2.35 bits per heavy atom. The molecule has 17 heavy (non-hydrogen) atoms. The molecule has 1 N–H and O–H groups in total. The Balaban J connectivity index is 2.04. The van der Waals surface area contributed by atoms with Crippen LogP contribution in [0.1, 0.15) is 31.4 Å². The number of nitrogens with one attached hydrogen (secondary N) is 1. The van der Waals surface area contributed by atoms with Crippen LogP contribution in [-0.2, 0) is 9.53 Å². The second-order valence-corrected chi connectivity index (χ2v) is 5.25. The quantitative estimate of drug-likeness (QED) is 0.912. The molecular formula is C13H16BrNO2. The number of carbonyl (C=O) groups is 1. The lowest BCUT2D eigenvalue weighted by Gasteiger charge is -2.30. The van der Waals surface area contributed by atoms with Crippen molar-refractivity contribution < 1.29 is 9.53 Å². The highest BCUT2D eigenvalue weighted by atomic mass is 79.9. The van der Waals surface area contributed by atoms with Crippen molar-refractivity contribution in [2.45, 2.75) is 31.9 Å².